The third-order valence-electron chi connectivity index (χ3n) is 3.25. The quantitative estimate of drug-likeness (QED) is 0.812. The van der Waals surface area contributed by atoms with Gasteiger partial charge in [-0.3, -0.25) is 4.79 Å². The molecule has 1 atom stereocenters. The molecular weight excluding hydrogens is 274 g/mol. The number of rotatable bonds is 6. The summed E-state index contributed by atoms with van der Waals surface area (Å²) in [6.45, 7) is 2.14. The Kier molecular flexibility index (Phi) is 5.71. The van der Waals surface area contributed by atoms with Crippen LogP contribution in [0.15, 0.2) is 24.3 Å². The van der Waals surface area contributed by atoms with Gasteiger partial charge in [0.1, 0.15) is 0 Å². The zero-order valence-corrected chi connectivity index (χ0v) is 11.7. The van der Waals surface area contributed by atoms with E-state index in [4.69, 9.17) is 14.6 Å². The highest BCUT2D eigenvalue weighted by Crippen LogP contribution is 2.07. The predicted molar refractivity (Wildman–Crippen MR) is 75.3 cm³/mol. The number of carboxylic acid groups (broad SMARTS) is 1. The highest BCUT2D eigenvalue weighted by Gasteiger charge is 2.15. The molecule has 2 N–H and O–H groups in total. The maximum Gasteiger partial charge on any atom is 0.335 e. The number of hydrogen-bond acceptors (Lipinski definition) is 4. The summed E-state index contributed by atoms with van der Waals surface area (Å²) < 4.78 is 10.7. The monoisotopic (exact) mass is 293 g/mol. The fourth-order valence-corrected chi connectivity index (χ4v) is 2.04. The molecule has 1 aromatic rings. The summed E-state index contributed by atoms with van der Waals surface area (Å²) in [5.74, 6) is -1.000. The van der Waals surface area contributed by atoms with Crippen LogP contribution in [0.3, 0.4) is 0 Å². The van der Waals surface area contributed by atoms with Crippen LogP contribution in [-0.2, 0) is 20.7 Å². The van der Waals surface area contributed by atoms with Crippen LogP contribution in [-0.4, -0.2) is 49.5 Å². The molecule has 0 spiro atoms. The van der Waals surface area contributed by atoms with E-state index in [0.29, 0.717) is 39.2 Å². The van der Waals surface area contributed by atoms with E-state index in [0.717, 1.165) is 5.56 Å². The van der Waals surface area contributed by atoms with Crippen LogP contribution in [0, 0.1) is 0 Å². The zero-order valence-electron chi connectivity index (χ0n) is 11.7. The van der Waals surface area contributed by atoms with Gasteiger partial charge in [-0.1, -0.05) is 12.1 Å². The van der Waals surface area contributed by atoms with Gasteiger partial charge in [-0.05, 0) is 24.1 Å². The van der Waals surface area contributed by atoms with Crippen molar-refractivity contribution in [2.45, 2.75) is 18.9 Å². The first kappa shape index (κ1) is 15.5. The van der Waals surface area contributed by atoms with Crippen LogP contribution in [0.1, 0.15) is 22.3 Å². The minimum absolute atomic E-state index is 0.0496. The number of aromatic carboxylic acids is 1. The fourth-order valence-electron chi connectivity index (χ4n) is 2.04. The number of benzene rings is 1. The van der Waals surface area contributed by atoms with E-state index in [1.807, 2.05) is 0 Å². The van der Waals surface area contributed by atoms with Crippen molar-refractivity contribution >= 4 is 11.9 Å². The van der Waals surface area contributed by atoms with Gasteiger partial charge in [0.15, 0.2) is 0 Å². The summed E-state index contributed by atoms with van der Waals surface area (Å²) in [6.07, 6.45) is 0.867. The molecule has 1 heterocycles. The first-order valence-electron chi connectivity index (χ1n) is 6.93. The third kappa shape index (κ3) is 5.17. The van der Waals surface area contributed by atoms with Gasteiger partial charge >= 0.3 is 5.97 Å². The van der Waals surface area contributed by atoms with Crippen LogP contribution >= 0.6 is 0 Å². The summed E-state index contributed by atoms with van der Waals surface area (Å²) in [6, 6.07) is 6.55. The molecule has 1 unspecified atom stereocenters. The highest BCUT2D eigenvalue weighted by atomic mass is 16.6. The number of carbonyl (C=O) groups is 2. The minimum Gasteiger partial charge on any atom is -0.478 e. The maximum absolute atomic E-state index is 11.7. The van der Waals surface area contributed by atoms with Gasteiger partial charge in [0, 0.05) is 13.0 Å². The largest absolute Gasteiger partial charge is 0.478 e. The van der Waals surface area contributed by atoms with Crippen molar-refractivity contribution in [2.24, 2.45) is 0 Å². The van der Waals surface area contributed by atoms with E-state index in [-0.39, 0.29) is 17.6 Å². The normalized spacial score (nSPS) is 18.2. The molecule has 1 fully saturated rings. The van der Waals surface area contributed by atoms with E-state index < -0.39 is 5.97 Å². The van der Waals surface area contributed by atoms with Crippen molar-refractivity contribution < 1.29 is 24.2 Å². The van der Waals surface area contributed by atoms with Crippen LogP contribution < -0.4 is 5.32 Å². The zero-order chi connectivity index (χ0) is 15.1. The first-order valence-corrected chi connectivity index (χ1v) is 6.93. The number of ether oxygens (including phenoxy) is 2. The van der Waals surface area contributed by atoms with Gasteiger partial charge in [-0.25, -0.2) is 4.79 Å². The molecule has 6 nitrogen and oxygen atoms in total. The molecule has 1 amide bonds. The van der Waals surface area contributed by atoms with Crippen LogP contribution in [0.25, 0.3) is 0 Å². The summed E-state index contributed by atoms with van der Waals surface area (Å²) in [5, 5.41) is 11.6. The van der Waals surface area contributed by atoms with Gasteiger partial charge < -0.3 is 19.9 Å². The van der Waals surface area contributed by atoms with Crippen LogP contribution in [0.2, 0.25) is 0 Å². The van der Waals surface area contributed by atoms with Gasteiger partial charge in [0.2, 0.25) is 5.91 Å². The average molecular weight is 293 g/mol. The lowest BCUT2D eigenvalue weighted by molar-refractivity contribution is -0.123. The van der Waals surface area contributed by atoms with E-state index in [1.54, 1.807) is 24.3 Å². The number of hydrogen-bond donors (Lipinski definition) is 2. The standard InChI is InChI=1S/C15H19NO5/c17-14(16-9-13-10-20-7-8-21-13)6-3-11-1-4-12(5-2-11)15(18)19/h1-2,4-5,13H,3,6-10H2,(H,16,17)(H,18,19). The summed E-state index contributed by atoms with van der Waals surface area (Å²) >= 11 is 0. The van der Waals surface area contributed by atoms with Crippen molar-refractivity contribution in [1.82, 2.24) is 5.32 Å². The Labute approximate surface area is 123 Å². The second-order valence-corrected chi connectivity index (χ2v) is 4.87. The lowest BCUT2D eigenvalue weighted by atomic mass is 10.1. The minimum atomic E-state index is -0.950. The highest BCUT2D eigenvalue weighted by molar-refractivity contribution is 5.87. The Balaban J connectivity index is 1.69. The molecule has 6 heteroatoms. The third-order valence-corrected chi connectivity index (χ3v) is 3.25. The molecule has 114 valence electrons. The van der Waals surface area contributed by atoms with Crippen LogP contribution in [0.5, 0.6) is 0 Å². The Morgan fingerprint density at radius 2 is 2.00 bits per heavy atom. The molecule has 1 saturated heterocycles. The molecule has 0 aliphatic carbocycles. The number of amides is 1. The van der Waals surface area contributed by atoms with E-state index in [2.05, 4.69) is 5.32 Å². The molecular formula is C15H19NO5. The van der Waals surface area contributed by atoms with E-state index in [1.165, 1.54) is 0 Å². The van der Waals surface area contributed by atoms with Crippen molar-refractivity contribution in [2.75, 3.05) is 26.4 Å². The Morgan fingerprint density at radius 3 is 2.62 bits per heavy atom. The number of aryl methyl sites for hydroxylation is 1. The molecule has 1 aromatic carbocycles. The molecule has 0 saturated carbocycles. The Hall–Kier alpha value is -1.92. The van der Waals surface area contributed by atoms with E-state index >= 15 is 0 Å². The molecule has 21 heavy (non-hydrogen) atoms. The van der Waals surface area contributed by atoms with Gasteiger partial charge in [0.05, 0.1) is 31.5 Å². The van der Waals surface area contributed by atoms with Gasteiger partial charge in [-0.15, -0.1) is 0 Å². The number of nitrogens with one attached hydrogen (secondary N) is 1. The van der Waals surface area contributed by atoms with Crippen molar-refractivity contribution in [3.8, 4) is 0 Å². The van der Waals surface area contributed by atoms with Crippen molar-refractivity contribution in [1.29, 1.82) is 0 Å². The topological polar surface area (TPSA) is 84.9 Å². The molecule has 1 aliphatic heterocycles. The number of carboxylic acids is 1. The SMILES string of the molecule is O=C(CCc1ccc(C(=O)O)cc1)NCC1COCCO1. The fraction of sp³-hybridized carbons (Fsp3) is 0.467. The smallest absolute Gasteiger partial charge is 0.335 e. The van der Waals surface area contributed by atoms with E-state index in [9.17, 15) is 9.59 Å². The Bertz CT molecular complexity index is 479. The van der Waals surface area contributed by atoms with Gasteiger partial charge in [0.25, 0.3) is 0 Å². The summed E-state index contributed by atoms with van der Waals surface area (Å²) in [7, 11) is 0. The first-order chi connectivity index (χ1) is 10.1. The molecule has 0 radical (unpaired) electrons. The number of carbonyl (C=O) groups excluding carboxylic acids is 1. The molecule has 1 aliphatic rings. The lowest BCUT2D eigenvalue weighted by Crippen LogP contribution is -2.39. The maximum atomic E-state index is 11.7. The molecule has 0 aromatic heterocycles. The summed E-state index contributed by atoms with van der Waals surface area (Å²) in [5.41, 5.74) is 1.19. The summed E-state index contributed by atoms with van der Waals surface area (Å²) in [4.78, 5) is 22.5. The lowest BCUT2D eigenvalue weighted by Gasteiger charge is -2.23. The van der Waals surface area contributed by atoms with Crippen LogP contribution in [0.4, 0.5) is 0 Å². The Morgan fingerprint density at radius 1 is 1.24 bits per heavy atom. The average Bonchev–Trinajstić information content (AvgIpc) is 2.52. The van der Waals surface area contributed by atoms with Crippen molar-refractivity contribution in [3.63, 3.8) is 0 Å². The second-order valence-electron chi connectivity index (χ2n) is 4.87. The second kappa shape index (κ2) is 7.75. The predicted octanol–water partition coefficient (Wildman–Crippen LogP) is 0.849. The van der Waals surface area contributed by atoms with Crippen molar-refractivity contribution in [3.05, 3.63) is 35.4 Å². The van der Waals surface area contributed by atoms with Gasteiger partial charge in [-0.2, -0.15) is 0 Å². The molecule has 2 rings (SSSR count). The molecule has 0 bridgehead atoms.